The highest BCUT2D eigenvalue weighted by Crippen LogP contribution is 2.29. The summed E-state index contributed by atoms with van der Waals surface area (Å²) in [5, 5.41) is 20.5. The van der Waals surface area contributed by atoms with E-state index < -0.39 is 6.04 Å². The van der Waals surface area contributed by atoms with Crippen LogP contribution in [0.3, 0.4) is 0 Å². The van der Waals surface area contributed by atoms with Gasteiger partial charge in [0.05, 0.1) is 6.04 Å². The predicted octanol–water partition coefficient (Wildman–Crippen LogP) is 2.36. The standard InChI is InChI=1S/C15H14N2O3/c18-9-11(17-14(19)5-6-15(17)20)7-10-8-16-13-4-2-1-3-12(10)13/h1-6,8-9,11,16,19-20H,7H2. The smallest absolute Gasteiger partial charge is 0.194 e. The summed E-state index contributed by atoms with van der Waals surface area (Å²) in [6.45, 7) is 0. The van der Waals surface area contributed by atoms with Gasteiger partial charge in [-0.05, 0) is 11.6 Å². The fraction of sp³-hybridized carbons (Fsp3) is 0.133. The average Bonchev–Trinajstić information content (AvgIpc) is 3.01. The summed E-state index contributed by atoms with van der Waals surface area (Å²) in [6, 6.07) is 9.87. The Bertz CT molecular complexity index is 738. The van der Waals surface area contributed by atoms with E-state index in [2.05, 4.69) is 4.98 Å². The third-order valence-electron chi connectivity index (χ3n) is 3.47. The Morgan fingerprint density at radius 2 is 1.85 bits per heavy atom. The Morgan fingerprint density at radius 1 is 1.15 bits per heavy atom. The van der Waals surface area contributed by atoms with Crippen LogP contribution >= 0.6 is 0 Å². The normalized spacial score (nSPS) is 12.6. The number of nitrogens with one attached hydrogen (secondary N) is 1. The fourth-order valence-corrected chi connectivity index (χ4v) is 2.49. The summed E-state index contributed by atoms with van der Waals surface area (Å²) in [7, 11) is 0. The highest BCUT2D eigenvalue weighted by Gasteiger charge is 2.18. The van der Waals surface area contributed by atoms with Crippen LogP contribution in [0, 0.1) is 0 Å². The number of nitrogens with zero attached hydrogens (tertiary/aromatic N) is 1. The molecule has 0 aliphatic carbocycles. The van der Waals surface area contributed by atoms with E-state index in [-0.39, 0.29) is 11.8 Å². The molecule has 3 aromatic rings. The second kappa shape index (κ2) is 4.77. The van der Waals surface area contributed by atoms with Gasteiger partial charge in [-0.15, -0.1) is 0 Å². The minimum atomic E-state index is -0.649. The number of rotatable bonds is 4. The molecule has 0 fully saturated rings. The maximum absolute atomic E-state index is 11.3. The lowest BCUT2D eigenvalue weighted by molar-refractivity contribution is -0.110. The third-order valence-corrected chi connectivity index (χ3v) is 3.47. The van der Waals surface area contributed by atoms with Crippen molar-refractivity contribution in [2.45, 2.75) is 12.5 Å². The molecule has 5 nitrogen and oxygen atoms in total. The Labute approximate surface area is 115 Å². The molecule has 0 radical (unpaired) electrons. The zero-order valence-electron chi connectivity index (χ0n) is 10.7. The van der Waals surface area contributed by atoms with Crippen molar-refractivity contribution in [3.05, 3.63) is 48.2 Å². The van der Waals surface area contributed by atoms with Crippen molar-refractivity contribution >= 4 is 17.2 Å². The molecule has 20 heavy (non-hydrogen) atoms. The van der Waals surface area contributed by atoms with Crippen LogP contribution in [0.4, 0.5) is 0 Å². The molecule has 3 rings (SSSR count). The van der Waals surface area contributed by atoms with Gasteiger partial charge in [-0.1, -0.05) is 18.2 Å². The molecule has 1 atom stereocenters. The van der Waals surface area contributed by atoms with Crippen LogP contribution in [-0.2, 0) is 11.2 Å². The van der Waals surface area contributed by atoms with Gasteiger partial charge in [0.25, 0.3) is 0 Å². The van der Waals surface area contributed by atoms with E-state index in [0.717, 1.165) is 22.8 Å². The van der Waals surface area contributed by atoms with Crippen LogP contribution in [0.15, 0.2) is 42.6 Å². The van der Waals surface area contributed by atoms with Gasteiger partial charge in [0.2, 0.25) is 0 Å². The summed E-state index contributed by atoms with van der Waals surface area (Å²) in [6.07, 6.45) is 2.96. The van der Waals surface area contributed by atoms with Crippen molar-refractivity contribution < 1.29 is 15.0 Å². The highest BCUT2D eigenvalue weighted by atomic mass is 16.3. The molecular formula is C15H14N2O3. The van der Waals surface area contributed by atoms with Crippen molar-refractivity contribution in [1.29, 1.82) is 0 Å². The molecule has 0 aliphatic heterocycles. The third kappa shape index (κ3) is 1.93. The maximum atomic E-state index is 11.3. The van der Waals surface area contributed by atoms with Gasteiger partial charge >= 0.3 is 0 Å². The molecule has 3 N–H and O–H groups in total. The molecule has 2 aromatic heterocycles. The van der Waals surface area contributed by atoms with E-state index in [9.17, 15) is 15.0 Å². The number of aromatic hydroxyl groups is 2. The summed E-state index contributed by atoms with van der Waals surface area (Å²) >= 11 is 0. The van der Waals surface area contributed by atoms with Gasteiger partial charge in [0, 0.05) is 35.7 Å². The molecule has 5 heteroatoms. The zero-order valence-corrected chi connectivity index (χ0v) is 10.7. The van der Waals surface area contributed by atoms with Gasteiger partial charge in [0.1, 0.15) is 6.29 Å². The predicted molar refractivity (Wildman–Crippen MR) is 74.9 cm³/mol. The number of aromatic nitrogens is 2. The summed E-state index contributed by atoms with van der Waals surface area (Å²) in [5.41, 5.74) is 1.96. The van der Waals surface area contributed by atoms with E-state index >= 15 is 0 Å². The second-order valence-electron chi connectivity index (χ2n) is 4.69. The van der Waals surface area contributed by atoms with Crippen LogP contribution in [0.25, 0.3) is 10.9 Å². The van der Waals surface area contributed by atoms with Gasteiger partial charge in [-0.3, -0.25) is 4.57 Å². The number of fused-ring (bicyclic) bond motifs is 1. The molecule has 0 spiro atoms. The average molecular weight is 270 g/mol. The van der Waals surface area contributed by atoms with E-state index in [4.69, 9.17) is 0 Å². The molecule has 1 aromatic carbocycles. The molecule has 0 bridgehead atoms. The first-order chi connectivity index (χ1) is 9.70. The van der Waals surface area contributed by atoms with Gasteiger partial charge in [-0.2, -0.15) is 0 Å². The lowest BCUT2D eigenvalue weighted by Crippen LogP contribution is -2.12. The number of hydrogen-bond donors (Lipinski definition) is 3. The fourth-order valence-electron chi connectivity index (χ4n) is 2.49. The minimum Gasteiger partial charge on any atom is -0.494 e. The quantitative estimate of drug-likeness (QED) is 0.637. The Balaban J connectivity index is 1.98. The number of carbonyl (C=O) groups is 1. The minimum absolute atomic E-state index is 0.126. The molecule has 1 unspecified atom stereocenters. The van der Waals surface area contributed by atoms with Crippen molar-refractivity contribution in [1.82, 2.24) is 9.55 Å². The number of benzene rings is 1. The number of para-hydroxylation sites is 1. The molecular weight excluding hydrogens is 256 g/mol. The lowest BCUT2D eigenvalue weighted by Gasteiger charge is -2.14. The van der Waals surface area contributed by atoms with E-state index in [1.165, 1.54) is 16.7 Å². The topological polar surface area (TPSA) is 78.2 Å². The molecule has 0 saturated carbocycles. The lowest BCUT2D eigenvalue weighted by atomic mass is 10.1. The van der Waals surface area contributed by atoms with Crippen molar-refractivity contribution in [3.63, 3.8) is 0 Å². The first-order valence-electron chi connectivity index (χ1n) is 6.30. The van der Waals surface area contributed by atoms with Gasteiger partial charge < -0.3 is 20.0 Å². The molecule has 102 valence electrons. The van der Waals surface area contributed by atoms with Crippen molar-refractivity contribution in [2.75, 3.05) is 0 Å². The molecule has 2 heterocycles. The van der Waals surface area contributed by atoms with Crippen molar-refractivity contribution in [3.8, 4) is 11.8 Å². The first kappa shape index (κ1) is 12.3. The number of hydrogen-bond acceptors (Lipinski definition) is 3. The molecule has 0 aliphatic rings. The summed E-state index contributed by atoms with van der Waals surface area (Å²) < 4.78 is 1.22. The maximum Gasteiger partial charge on any atom is 0.194 e. The zero-order chi connectivity index (χ0) is 14.1. The van der Waals surface area contributed by atoms with Crippen molar-refractivity contribution in [2.24, 2.45) is 0 Å². The second-order valence-corrected chi connectivity index (χ2v) is 4.69. The Morgan fingerprint density at radius 3 is 2.55 bits per heavy atom. The first-order valence-corrected chi connectivity index (χ1v) is 6.30. The van der Waals surface area contributed by atoms with Crippen LogP contribution in [0.2, 0.25) is 0 Å². The van der Waals surface area contributed by atoms with Crippen LogP contribution in [0.5, 0.6) is 11.8 Å². The van der Waals surface area contributed by atoms with Crippen LogP contribution < -0.4 is 0 Å². The number of aromatic amines is 1. The SMILES string of the molecule is O=CC(Cc1c[nH]c2ccccc12)n1c(O)ccc1O. The molecule has 0 saturated heterocycles. The molecule has 0 amide bonds. The summed E-state index contributed by atoms with van der Waals surface area (Å²) in [4.78, 5) is 14.5. The van der Waals surface area contributed by atoms with E-state index in [1.54, 1.807) is 0 Å². The largest absolute Gasteiger partial charge is 0.494 e. The van der Waals surface area contributed by atoms with Gasteiger partial charge in [-0.25, -0.2) is 0 Å². The van der Waals surface area contributed by atoms with Gasteiger partial charge in [0.15, 0.2) is 11.8 Å². The Hall–Kier alpha value is -2.69. The number of aldehydes is 1. The summed E-state index contributed by atoms with van der Waals surface area (Å²) in [5.74, 6) is -0.251. The number of H-pyrrole nitrogens is 1. The van der Waals surface area contributed by atoms with Crippen LogP contribution in [0.1, 0.15) is 11.6 Å². The van der Waals surface area contributed by atoms with E-state index in [1.807, 2.05) is 30.5 Å². The number of carbonyl (C=O) groups excluding carboxylic acids is 1. The monoisotopic (exact) mass is 270 g/mol. The Kier molecular flexibility index (Phi) is 2.95. The van der Waals surface area contributed by atoms with E-state index in [0.29, 0.717) is 6.42 Å². The highest BCUT2D eigenvalue weighted by molar-refractivity contribution is 5.83. The van der Waals surface area contributed by atoms with Crippen LogP contribution in [-0.4, -0.2) is 26.1 Å².